The van der Waals surface area contributed by atoms with Gasteiger partial charge in [-0.1, -0.05) is 47.7 Å². The van der Waals surface area contributed by atoms with E-state index in [1.54, 1.807) is 12.1 Å². The van der Waals surface area contributed by atoms with Crippen LogP contribution in [-0.2, 0) is 11.2 Å². The minimum atomic E-state index is -0.539. The van der Waals surface area contributed by atoms with Gasteiger partial charge in [-0.3, -0.25) is 25.0 Å². The van der Waals surface area contributed by atoms with Gasteiger partial charge in [0.2, 0.25) is 11.0 Å². The molecule has 0 atom stereocenters. The summed E-state index contributed by atoms with van der Waals surface area (Å²) in [5.41, 5.74) is 3.83. The molecule has 3 aromatic carbocycles. The molecule has 0 aliphatic rings. The summed E-state index contributed by atoms with van der Waals surface area (Å²) in [6.07, 6.45) is 1.12. The molecule has 2 N–H and O–H groups in total. The summed E-state index contributed by atoms with van der Waals surface area (Å²) in [5.74, 6) is 0.207. The van der Waals surface area contributed by atoms with Crippen molar-refractivity contribution >= 4 is 40.2 Å². The van der Waals surface area contributed by atoms with E-state index in [1.807, 2.05) is 49.4 Å². The number of aryl methyl sites for hydroxylation is 1. The van der Waals surface area contributed by atoms with Gasteiger partial charge in [0.15, 0.2) is 0 Å². The molecule has 0 unspecified atom stereocenters. The number of carbonyl (C=O) groups is 2. The van der Waals surface area contributed by atoms with E-state index in [2.05, 4.69) is 26.0 Å². The molecular weight excluding hydrogens is 536 g/mol. The van der Waals surface area contributed by atoms with E-state index in [4.69, 9.17) is 9.47 Å². The molecule has 2 amide bonds. The molecule has 1 aromatic heterocycles. The molecule has 0 spiro atoms. The van der Waals surface area contributed by atoms with E-state index in [1.165, 1.54) is 24.4 Å². The summed E-state index contributed by atoms with van der Waals surface area (Å²) in [5, 5.41) is 26.3. The lowest BCUT2D eigenvalue weighted by Gasteiger charge is -2.10. The lowest BCUT2D eigenvalue weighted by Crippen LogP contribution is -2.19. The van der Waals surface area contributed by atoms with E-state index in [-0.39, 0.29) is 36.4 Å². The number of amides is 2. The van der Waals surface area contributed by atoms with Crippen molar-refractivity contribution in [2.75, 3.05) is 18.5 Å². The fourth-order valence-corrected chi connectivity index (χ4v) is 4.16. The van der Waals surface area contributed by atoms with Crippen LogP contribution in [0.1, 0.15) is 26.5 Å². The first kappa shape index (κ1) is 27.9. The van der Waals surface area contributed by atoms with Crippen molar-refractivity contribution in [3.05, 3.63) is 105 Å². The number of non-ortho nitro benzene ring substituents is 1. The number of nitro groups is 1. The average molecular weight is 561 g/mol. The van der Waals surface area contributed by atoms with Crippen LogP contribution < -0.4 is 20.2 Å². The normalized spacial score (nSPS) is 10.7. The number of nitro benzene ring substituents is 1. The number of nitrogens with zero attached hydrogens (tertiary/aromatic N) is 4. The highest BCUT2D eigenvalue weighted by molar-refractivity contribution is 7.15. The minimum absolute atomic E-state index is 0.135. The van der Waals surface area contributed by atoms with Crippen molar-refractivity contribution in [3.63, 3.8) is 0 Å². The third-order valence-electron chi connectivity index (χ3n) is 5.34. The Morgan fingerprint density at radius 3 is 2.55 bits per heavy atom. The molecule has 4 rings (SSSR count). The number of rotatable bonds is 12. The molecule has 0 radical (unpaired) electrons. The number of aromatic nitrogens is 2. The van der Waals surface area contributed by atoms with E-state index in [9.17, 15) is 19.7 Å². The monoisotopic (exact) mass is 560 g/mol. The van der Waals surface area contributed by atoms with Gasteiger partial charge in [0.25, 0.3) is 11.6 Å². The average Bonchev–Trinajstić information content (AvgIpc) is 3.38. The Morgan fingerprint density at radius 1 is 1.02 bits per heavy atom. The fourth-order valence-electron chi connectivity index (χ4n) is 3.43. The molecule has 0 bridgehead atoms. The van der Waals surface area contributed by atoms with E-state index < -0.39 is 10.8 Å². The van der Waals surface area contributed by atoms with Crippen LogP contribution >= 0.6 is 11.3 Å². The van der Waals surface area contributed by atoms with Gasteiger partial charge in [0.1, 0.15) is 29.7 Å². The zero-order valence-corrected chi connectivity index (χ0v) is 22.1. The van der Waals surface area contributed by atoms with Gasteiger partial charge < -0.3 is 9.47 Å². The maximum absolute atomic E-state index is 12.5. The zero-order chi connectivity index (χ0) is 28.3. The number of hydrogen-bond acceptors (Lipinski definition) is 10. The summed E-state index contributed by atoms with van der Waals surface area (Å²) in [7, 11) is 0. The third-order valence-corrected chi connectivity index (χ3v) is 6.18. The molecule has 0 saturated carbocycles. The molecule has 0 aliphatic carbocycles. The topological polar surface area (TPSA) is 158 Å². The number of anilines is 1. The molecule has 40 heavy (non-hydrogen) atoms. The molecule has 1 heterocycles. The third kappa shape index (κ3) is 7.91. The second kappa shape index (κ2) is 13.6. The van der Waals surface area contributed by atoms with Gasteiger partial charge in [0.05, 0.1) is 17.6 Å². The maximum Gasteiger partial charge on any atom is 0.270 e. The SMILES string of the molecule is Cc1ccccc1C(=O)Nc1nnc(CC(=O)N/N=C/c2cc([N+](=O)[O-])ccc2OCCOc2ccccc2)s1. The molecule has 13 heteroatoms. The van der Waals surface area contributed by atoms with E-state index in [0.29, 0.717) is 27.6 Å². The standard InChI is InChI=1S/C27H24N6O6S/c1-18-7-5-6-10-22(18)26(35)29-27-32-31-25(40-27)16-24(34)30-28-17-19-15-20(33(36)37)11-12-23(19)39-14-13-38-21-8-3-2-4-9-21/h2-12,15,17H,13-14,16H2,1H3,(H,30,34)(H,29,32,35)/b28-17+. The molecular formula is C27H24N6O6S. The summed E-state index contributed by atoms with van der Waals surface area (Å²) >= 11 is 1.06. The minimum Gasteiger partial charge on any atom is -0.490 e. The Bertz CT molecular complexity index is 1520. The summed E-state index contributed by atoms with van der Waals surface area (Å²) in [4.78, 5) is 35.5. The summed E-state index contributed by atoms with van der Waals surface area (Å²) < 4.78 is 11.3. The van der Waals surface area contributed by atoms with Gasteiger partial charge >= 0.3 is 0 Å². The van der Waals surface area contributed by atoms with Gasteiger partial charge in [-0.2, -0.15) is 5.10 Å². The van der Waals surface area contributed by atoms with Gasteiger partial charge in [-0.25, -0.2) is 5.43 Å². The maximum atomic E-state index is 12.5. The highest BCUT2D eigenvalue weighted by Gasteiger charge is 2.14. The smallest absolute Gasteiger partial charge is 0.270 e. The summed E-state index contributed by atoms with van der Waals surface area (Å²) in [6, 6.07) is 20.4. The fraction of sp³-hybridized carbons (Fsp3) is 0.148. The summed E-state index contributed by atoms with van der Waals surface area (Å²) in [6.45, 7) is 2.26. The number of ether oxygens (including phenoxy) is 2. The van der Waals surface area contributed by atoms with Gasteiger partial charge in [-0.15, -0.1) is 10.2 Å². The second-order valence-corrected chi connectivity index (χ2v) is 9.29. The second-order valence-electron chi connectivity index (χ2n) is 8.23. The van der Waals surface area contributed by atoms with Crippen LogP contribution in [0.25, 0.3) is 0 Å². The Labute approximate surface area is 232 Å². The number of hydrogen-bond donors (Lipinski definition) is 2. The van der Waals surface area contributed by atoms with Crippen LogP contribution in [-0.4, -0.2) is 46.4 Å². The van der Waals surface area contributed by atoms with Crippen molar-refractivity contribution in [3.8, 4) is 11.5 Å². The number of hydrazone groups is 1. The zero-order valence-electron chi connectivity index (χ0n) is 21.3. The van der Waals surface area contributed by atoms with Crippen LogP contribution in [0.3, 0.4) is 0 Å². The van der Waals surface area contributed by atoms with Crippen molar-refractivity contribution < 1.29 is 24.0 Å². The van der Waals surface area contributed by atoms with Crippen LogP contribution in [0.5, 0.6) is 11.5 Å². The Morgan fingerprint density at radius 2 is 1.77 bits per heavy atom. The molecule has 0 fully saturated rings. The predicted octanol–water partition coefficient (Wildman–Crippen LogP) is 4.16. The van der Waals surface area contributed by atoms with Crippen molar-refractivity contribution in [1.29, 1.82) is 0 Å². The first-order chi connectivity index (χ1) is 19.4. The predicted molar refractivity (Wildman–Crippen MR) is 149 cm³/mol. The van der Waals surface area contributed by atoms with Crippen LogP contribution in [0.4, 0.5) is 10.8 Å². The van der Waals surface area contributed by atoms with Crippen molar-refractivity contribution in [2.24, 2.45) is 5.10 Å². The molecule has 4 aromatic rings. The van der Waals surface area contributed by atoms with Gasteiger partial charge in [0, 0.05) is 23.3 Å². The number of benzene rings is 3. The first-order valence-corrected chi connectivity index (χ1v) is 12.8. The van der Waals surface area contributed by atoms with Gasteiger partial charge in [-0.05, 0) is 36.8 Å². The van der Waals surface area contributed by atoms with Crippen LogP contribution in [0.2, 0.25) is 0 Å². The lowest BCUT2D eigenvalue weighted by atomic mass is 10.1. The molecule has 0 aliphatic heterocycles. The Balaban J connectivity index is 1.31. The van der Waals surface area contributed by atoms with E-state index in [0.717, 1.165) is 16.9 Å². The Hall–Kier alpha value is -5.17. The van der Waals surface area contributed by atoms with Crippen molar-refractivity contribution in [2.45, 2.75) is 13.3 Å². The van der Waals surface area contributed by atoms with Crippen molar-refractivity contribution in [1.82, 2.24) is 15.6 Å². The molecule has 204 valence electrons. The highest BCUT2D eigenvalue weighted by Crippen LogP contribution is 2.23. The number of carbonyl (C=O) groups excluding carboxylic acids is 2. The number of para-hydroxylation sites is 1. The highest BCUT2D eigenvalue weighted by atomic mass is 32.1. The molecule has 0 saturated heterocycles. The number of nitrogens with one attached hydrogen (secondary N) is 2. The Kier molecular flexibility index (Phi) is 9.45. The quantitative estimate of drug-likeness (QED) is 0.113. The largest absolute Gasteiger partial charge is 0.490 e. The van der Waals surface area contributed by atoms with E-state index >= 15 is 0 Å². The van der Waals surface area contributed by atoms with Crippen LogP contribution in [0, 0.1) is 17.0 Å². The lowest BCUT2D eigenvalue weighted by molar-refractivity contribution is -0.384. The molecule has 12 nitrogen and oxygen atoms in total. The van der Waals surface area contributed by atoms with Crippen LogP contribution in [0.15, 0.2) is 77.9 Å². The first-order valence-electron chi connectivity index (χ1n) is 12.0.